The number of aromatic nitrogens is 3. The molecule has 1 N–H and O–H groups in total. The molecule has 5 nitrogen and oxygen atoms in total. The van der Waals surface area contributed by atoms with E-state index < -0.39 is 5.82 Å². The highest BCUT2D eigenvalue weighted by molar-refractivity contribution is 5.46. The summed E-state index contributed by atoms with van der Waals surface area (Å²) in [6.07, 6.45) is 1.78. The number of aryl methyl sites for hydroxylation is 1. The quantitative estimate of drug-likeness (QED) is 0.854. The molecular formula is C14H14FN3O2. The average Bonchev–Trinajstić information content (AvgIpc) is 2.84. The average molecular weight is 275 g/mol. The maximum absolute atomic E-state index is 13.3. The van der Waals surface area contributed by atoms with Gasteiger partial charge in [-0.25, -0.2) is 9.37 Å². The number of ether oxygens (including phenoxy) is 1. The minimum absolute atomic E-state index is 0.0106. The first kappa shape index (κ1) is 14.0. The van der Waals surface area contributed by atoms with E-state index in [0.717, 1.165) is 0 Å². The molecule has 0 saturated heterocycles. The highest BCUT2D eigenvalue weighted by atomic mass is 19.1. The van der Waals surface area contributed by atoms with E-state index in [2.05, 4.69) is 21.9 Å². The molecule has 1 aromatic carbocycles. The van der Waals surface area contributed by atoms with Crippen LogP contribution < -0.4 is 4.74 Å². The summed E-state index contributed by atoms with van der Waals surface area (Å²) in [6.45, 7) is 0.165. The van der Waals surface area contributed by atoms with Gasteiger partial charge in [0.15, 0.2) is 5.82 Å². The summed E-state index contributed by atoms with van der Waals surface area (Å²) in [6, 6.07) is 4.14. The van der Waals surface area contributed by atoms with E-state index in [1.165, 1.54) is 18.5 Å². The topological polar surface area (TPSA) is 60.2 Å². The molecule has 2 rings (SSSR count). The standard InChI is InChI=1S/C14H14FN3O2/c1-18-14(16-10-17-18)9-20-13-8-12(15)6-5-11(13)4-2-3-7-19/h5-6,8,10,19H,3,7,9H2,1H3. The van der Waals surface area contributed by atoms with E-state index >= 15 is 0 Å². The van der Waals surface area contributed by atoms with E-state index in [9.17, 15) is 4.39 Å². The van der Waals surface area contributed by atoms with Gasteiger partial charge in [-0.05, 0) is 12.1 Å². The third-order valence-electron chi connectivity index (χ3n) is 2.57. The predicted molar refractivity (Wildman–Crippen MR) is 70.3 cm³/mol. The molecule has 6 heteroatoms. The van der Waals surface area contributed by atoms with Gasteiger partial charge in [0.1, 0.15) is 24.5 Å². The molecule has 2 aromatic rings. The van der Waals surface area contributed by atoms with Gasteiger partial charge in [0.2, 0.25) is 0 Å². The number of halogens is 1. The first-order chi connectivity index (χ1) is 9.70. The van der Waals surface area contributed by atoms with Crippen molar-refractivity contribution in [1.29, 1.82) is 0 Å². The number of aliphatic hydroxyl groups excluding tert-OH is 1. The fourth-order valence-corrected chi connectivity index (χ4v) is 1.53. The second-order valence-electron chi connectivity index (χ2n) is 4.00. The molecule has 20 heavy (non-hydrogen) atoms. The van der Waals surface area contributed by atoms with E-state index in [-0.39, 0.29) is 13.2 Å². The van der Waals surface area contributed by atoms with Crippen LogP contribution in [0.25, 0.3) is 0 Å². The van der Waals surface area contributed by atoms with Gasteiger partial charge in [-0.15, -0.1) is 0 Å². The number of benzene rings is 1. The number of aliphatic hydroxyl groups is 1. The van der Waals surface area contributed by atoms with E-state index in [0.29, 0.717) is 23.6 Å². The Morgan fingerprint density at radius 2 is 2.30 bits per heavy atom. The van der Waals surface area contributed by atoms with Crippen molar-refractivity contribution < 1.29 is 14.2 Å². The Bertz CT molecular complexity index is 643. The zero-order valence-electron chi connectivity index (χ0n) is 11.0. The van der Waals surface area contributed by atoms with Crippen molar-refractivity contribution in [3.63, 3.8) is 0 Å². The fraction of sp³-hybridized carbons (Fsp3) is 0.286. The summed E-state index contributed by atoms with van der Waals surface area (Å²) in [5.41, 5.74) is 0.571. The van der Waals surface area contributed by atoms with Gasteiger partial charge in [-0.1, -0.05) is 11.8 Å². The monoisotopic (exact) mass is 275 g/mol. The number of hydrogen-bond acceptors (Lipinski definition) is 4. The molecule has 0 bridgehead atoms. The summed E-state index contributed by atoms with van der Waals surface area (Å²) in [5, 5.41) is 12.6. The van der Waals surface area contributed by atoms with Crippen molar-refractivity contribution in [3.8, 4) is 17.6 Å². The second-order valence-corrected chi connectivity index (χ2v) is 4.00. The maximum atomic E-state index is 13.3. The Morgan fingerprint density at radius 3 is 3.00 bits per heavy atom. The second kappa shape index (κ2) is 6.68. The highest BCUT2D eigenvalue weighted by Gasteiger charge is 2.06. The summed E-state index contributed by atoms with van der Waals surface area (Å²) in [7, 11) is 1.75. The largest absolute Gasteiger partial charge is 0.484 e. The van der Waals surface area contributed by atoms with Crippen LogP contribution in [0, 0.1) is 17.7 Å². The third-order valence-corrected chi connectivity index (χ3v) is 2.57. The summed E-state index contributed by atoms with van der Waals surface area (Å²) in [5.74, 6) is 6.20. The van der Waals surface area contributed by atoms with Crippen LogP contribution in [0.5, 0.6) is 5.75 Å². The lowest BCUT2D eigenvalue weighted by Crippen LogP contribution is -2.05. The van der Waals surface area contributed by atoms with Gasteiger partial charge in [0.25, 0.3) is 0 Å². The molecule has 0 aliphatic rings. The minimum Gasteiger partial charge on any atom is -0.484 e. The SMILES string of the molecule is Cn1ncnc1COc1cc(F)ccc1C#CCCO. The number of nitrogens with zero attached hydrogens (tertiary/aromatic N) is 3. The molecular weight excluding hydrogens is 261 g/mol. The first-order valence-electron chi connectivity index (χ1n) is 6.05. The first-order valence-corrected chi connectivity index (χ1v) is 6.05. The van der Waals surface area contributed by atoms with Crippen molar-refractivity contribution in [2.45, 2.75) is 13.0 Å². The molecule has 0 atom stereocenters. The van der Waals surface area contributed by atoms with Gasteiger partial charge in [-0.2, -0.15) is 5.10 Å². The van der Waals surface area contributed by atoms with Gasteiger partial charge >= 0.3 is 0 Å². The summed E-state index contributed by atoms with van der Waals surface area (Å²) >= 11 is 0. The highest BCUT2D eigenvalue weighted by Crippen LogP contribution is 2.20. The number of rotatable bonds is 4. The molecule has 104 valence electrons. The van der Waals surface area contributed by atoms with Crippen LogP contribution >= 0.6 is 0 Å². The van der Waals surface area contributed by atoms with Crippen molar-refractivity contribution in [1.82, 2.24) is 14.8 Å². The van der Waals surface area contributed by atoms with Crippen molar-refractivity contribution in [3.05, 3.63) is 41.7 Å². The minimum atomic E-state index is -0.398. The molecule has 0 unspecified atom stereocenters. The van der Waals surface area contributed by atoms with Crippen molar-refractivity contribution in [2.24, 2.45) is 7.05 Å². The molecule has 0 aliphatic heterocycles. The lowest BCUT2D eigenvalue weighted by molar-refractivity contribution is 0.287. The van der Waals surface area contributed by atoms with Crippen LogP contribution in [0.4, 0.5) is 4.39 Å². The normalized spacial score (nSPS) is 9.95. The molecule has 0 amide bonds. The molecule has 0 fully saturated rings. The zero-order valence-corrected chi connectivity index (χ0v) is 11.0. The molecule has 0 radical (unpaired) electrons. The lowest BCUT2D eigenvalue weighted by Gasteiger charge is -2.07. The third kappa shape index (κ3) is 3.56. The van der Waals surface area contributed by atoms with Crippen molar-refractivity contribution >= 4 is 0 Å². The summed E-state index contributed by atoms with van der Waals surface area (Å²) in [4.78, 5) is 4.02. The number of hydrogen-bond donors (Lipinski definition) is 1. The Hall–Kier alpha value is -2.39. The molecule has 0 saturated carbocycles. The predicted octanol–water partition coefficient (Wildman–Crippen LogP) is 1.27. The van der Waals surface area contributed by atoms with Gasteiger partial charge < -0.3 is 9.84 Å². The van der Waals surface area contributed by atoms with Gasteiger partial charge in [0, 0.05) is 19.5 Å². The van der Waals surface area contributed by atoms with E-state index in [1.54, 1.807) is 17.8 Å². The fourth-order valence-electron chi connectivity index (χ4n) is 1.53. The van der Waals surface area contributed by atoms with Crippen LogP contribution in [-0.2, 0) is 13.7 Å². The Labute approximate surface area is 116 Å². The van der Waals surface area contributed by atoms with Crippen LogP contribution in [0.15, 0.2) is 24.5 Å². The maximum Gasteiger partial charge on any atom is 0.164 e. The Balaban J connectivity index is 2.15. The molecule has 0 aliphatic carbocycles. The van der Waals surface area contributed by atoms with Crippen LogP contribution in [0.2, 0.25) is 0 Å². The Morgan fingerprint density at radius 1 is 1.45 bits per heavy atom. The summed E-state index contributed by atoms with van der Waals surface area (Å²) < 4.78 is 20.4. The van der Waals surface area contributed by atoms with Gasteiger partial charge in [-0.3, -0.25) is 4.68 Å². The van der Waals surface area contributed by atoms with Crippen LogP contribution in [0.3, 0.4) is 0 Å². The van der Waals surface area contributed by atoms with Crippen LogP contribution in [0.1, 0.15) is 17.8 Å². The van der Waals surface area contributed by atoms with Gasteiger partial charge in [0.05, 0.1) is 12.2 Å². The zero-order chi connectivity index (χ0) is 14.4. The Kier molecular flexibility index (Phi) is 4.69. The van der Waals surface area contributed by atoms with Crippen LogP contribution in [-0.4, -0.2) is 26.5 Å². The molecule has 1 aromatic heterocycles. The smallest absolute Gasteiger partial charge is 0.164 e. The molecule has 0 spiro atoms. The van der Waals surface area contributed by atoms with E-state index in [4.69, 9.17) is 9.84 Å². The van der Waals surface area contributed by atoms with Crippen molar-refractivity contribution in [2.75, 3.05) is 6.61 Å². The van der Waals surface area contributed by atoms with E-state index in [1.807, 2.05) is 0 Å². The lowest BCUT2D eigenvalue weighted by atomic mass is 10.2. The molecule has 1 heterocycles.